The SMILES string of the molecule is N[C@@H]1CCC(=O)O[C@]2(O)[C@@H](O)[C@H](O)COC2(O)OC1=O. The van der Waals surface area contributed by atoms with Crippen LogP contribution >= 0.6 is 0 Å². The fraction of sp³-hybridized carbons (Fsp3) is 0.800. The summed E-state index contributed by atoms with van der Waals surface area (Å²) in [7, 11) is 0. The summed E-state index contributed by atoms with van der Waals surface area (Å²) >= 11 is 0. The molecule has 0 bridgehead atoms. The second kappa shape index (κ2) is 4.91. The van der Waals surface area contributed by atoms with E-state index in [1.54, 1.807) is 0 Å². The normalized spacial score (nSPS) is 46.4. The quantitative estimate of drug-likeness (QED) is 0.280. The molecule has 0 radical (unpaired) electrons. The van der Waals surface area contributed by atoms with Gasteiger partial charge in [-0.3, -0.25) is 9.59 Å². The monoisotopic (exact) mass is 293 g/mol. The van der Waals surface area contributed by atoms with E-state index >= 15 is 0 Å². The number of ether oxygens (including phenoxy) is 3. The maximum Gasteiger partial charge on any atom is 0.399 e. The van der Waals surface area contributed by atoms with Crippen LogP contribution in [0.4, 0.5) is 0 Å². The molecule has 0 aromatic heterocycles. The van der Waals surface area contributed by atoms with Crippen molar-refractivity contribution in [2.75, 3.05) is 6.61 Å². The minimum atomic E-state index is -3.17. The van der Waals surface area contributed by atoms with Crippen LogP contribution in [0.1, 0.15) is 12.8 Å². The van der Waals surface area contributed by atoms with Crippen molar-refractivity contribution in [1.82, 2.24) is 0 Å². The topological polar surface area (TPSA) is 169 Å². The number of carbonyl (C=O) groups excluding carboxylic acids is 2. The molecule has 2 rings (SSSR count). The molecule has 20 heavy (non-hydrogen) atoms. The van der Waals surface area contributed by atoms with Crippen molar-refractivity contribution >= 4 is 11.9 Å². The summed E-state index contributed by atoms with van der Waals surface area (Å²) in [5, 5.41) is 39.4. The smallest absolute Gasteiger partial charge is 0.399 e. The first-order valence-corrected chi connectivity index (χ1v) is 5.85. The number of rotatable bonds is 0. The lowest BCUT2D eigenvalue weighted by Gasteiger charge is -2.46. The average molecular weight is 293 g/mol. The molecule has 2 saturated heterocycles. The van der Waals surface area contributed by atoms with Gasteiger partial charge in [0.1, 0.15) is 12.1 Å². The molecule has 2 fully saturated rings. The van der Waals surface area contributed by atoms with Gasteiger partial charge in [0.15, 0.2) is 6.10 Å². The van der Waals surface area contributed by atoms with E-state index in [-0.39, 0.29) is 12.8 Å². The highest BCUT2D eigenvalue weighted by molar-refractivity contribution is 5.78. The van der Waals surface area contributed by atoms with Crippen LogP contribution < -0.4 is 5.73 Å². The van der Waals surface area contributed by atoms with Gasteiger partial charge in [-0.25, -0.2) is 0 Å². The van der Waals surface area contributed by atoms with Crippen molar-refractivity contribution in [3.63, 3.8) is 0 Å². The van der Waals surface area contributed by atoms with Crippen LogP contribution in [0.2, 0.25) is 0 Å². The number of aliphatic hydroxyl groups is 4. The fourth-order valence-corrected chi connectivity index (χ4v) is 1.90. The molecular formula is C10H15NO9. The minimum absolute atomic E-state index is 0.150. The zero-order valence-electron chi connectivity index (χ0n) is 10.3. The van der Waals surface area contributed by atoms with Crippen LogP contribution in [0, 0.1) is 0 Å². The third kappa shape index (κ3) is 2.26. The number of aliphatic hydroxyl groups excluding tert-OH is 2. The predicted octanol–water partition coefficient (Wildman–Crippen LogP) is -3.72. The van der Waals surface area contributed by atoms with Gasteiger partial charge in [-0.1, -0.05) is 0 Å². The van der Waals surface area contributed by atoms with Gasteiger partial charge in [-0.05, 0) is 6.42 Å². The number of nitrogens with two attached hydrogens (primary N) is 1. The maximum absolute atomic E-state index is 11.6. The molecule has 0 aromatic carbocycles. The third-order valence-electron chi connectivity index (χ3n) is 3.14. The van der Waals surface area contributed by atoms with Crippen molar-refractivity contribution < 1.29 is 44.2 Å². The molecule has 2 heterocycles. The molecule has 5 atom stereocenters. The largest absolute Gasteiger partial charge is 0.420 e. The molecular weight excluding hydrogens is 278 g/mol. The summed E-state index contributed by atoms with van der Waals surface area (Å²) in [6.07, 6.45) is -4.33. The minimum Gasteiger partial charge on any atom is -0.420 e. The lowest BCUT2D eigenvalue weighted by atomic mass is 9.99. The fourth-order valence-electron chi connectivity index (χ4n) is 1.90. The van der Waals surface area contributed by atoms with Crippen molar-refractivity contribution in [2.45, 2.75) is 42.9 Å². The first-order valence-electron chi connectivity index (χ1n) is 5.85. The molecule has 6 N–H and O–H groups in total. The highest BCUT2D eigenvalue weighted by atomic mass is 16.9. The Bertz CT molecular complexity index is 429. The van der Waals surface area contributed by atoms with Crippen LogP contribution in [-0.2, 0) is 23.8 Å². The van der Waals surface area contributed by atoms with Crippen molar-refractivity contribution in [1.29, 1.82) is 0 Å². The number of hydrogen-bond donors (Lipinski definition) is 5. The Hall–Kier alpha value is -1.30. The van der Waals surface area contributed by atoms with Crippen LogP contribution in [0.15, 0.2) is 0 Å². The van der Waals surface area contributed by atoms with Crippen LogP contribution in [0.3, 0.4) is 0 Å². The Morgan fingerprint density at radius 1 is 1.20 bits per heavy atom. The molecule has 10 heteroatoms. The van der Waals surface area contributed by atoms with Crippen LogP contribution in [0.25, 0.3) is 0 Å². The number of fused-ring (bicyclic) bond motifs is 1. The molecule has 0 spiro atoms. The second-order valence-corrected chi connectivity index (χ2v) is 4.64. The lowest BCUT2D eigenvalue weighted by Crippen LogP contribution is -2.73. The standard InChI is InChI=1S/C10H15NO9/c11-4-1-2-6(13)19-9(16)7(14)5(12)3-18-10(9,17)20-8(4)15/h4-5,7,12,14,16-17H,1-3,11H2/t4-,5-,7+,9-,10?/m1/s1. The molecule has 2 aliphatic heterocycles. The highest BCUT2D eigenvalue weighted by Gasteiger charge is 2.68. The highest BCUT2D eigenvalue weighted by Crippen LogP contribution is 2.37. The first kappa shape index (κ1) is 15.1. The second-order valence-electron chi connectivity index (χ2n) is 4.64. The Labute approximate surface area is 112 Å². The summed E-state index contributed by atoms with van der Waals surface area (Å²) in [6, 6.07) is -1.25. The molecule has 0 amide bonds. The summed E-state index contributed by atoms with van der Waals surface area (Å²) in [4.78, 5) is 23.1. The Morgan fingerprint density at radius 2 is 1.85 bits per heavy atom. The number of hydrogen-bond acceptors (Lipinski definition) is 10. The van der Waals surface area contributed by atoms with Gasteiger partial charge in [0.05, 0.1) is 6.61 Å². The summed E-state index contributed by atoms with van der Waals surface area (Å²) in [5.41, 5.74) is 5.42. The van der Waals surface area contributed by atoms with Gasteiger partial charge in [0.25, 0.3) is 0 Å². The Balaban J connectivity index is 2.42. The third-order valence-corrected chi connectivity index (χ3v) is 3.14. The molecule has 1 unspecified atom stereocenters. The molecule has 0 aromatic rings. The van der Waals surface area contributed by atoms with E-state index in [1.807, 2.05) is 0 Å². The van der Waals surface area contributed by atoms with E-state index in [1.165, 1.54) is 0 Å². The van der Waals surface area contributed by atoms with Gasteiger partial charge in [-0.15, -0.1) is 0 Å². The van der Waals surface area contributed by atoms with E-state index in [9.17, 15) is 30.0 Å². The van der Waals surface area contributed by atoms with Gasteiger partial charge in [-0.2, -0.15) is 0 Å². The molecule has 0 aliphatic carbocycles. The molecule has 114 valence electrons. The van der Waals surface area contributed by atoms with E-state index < -0.39 is 48.6 Å². The van der Waals surface area contributed by atoms with Gasteiger partial charge < -0.3 is 40.4 Å². The zero-order valence-corrected chi connectivity index (χ0v) is 10.3. The molecule has 2 aliphatic rings. The predicted molar refractivity (Wildman–Crippen MR) is 57.3 cm³/mol. The van der Waals surface area contributed by atoms with Crippen LogP contribution in [-0.4, -0.2) is 69.0 Å². The van der Waals surface area contributed by atoms with Gasteiger partial charge in [0.2, 0.25) is 0 Å². The summed E-state index contributed by atoms with van der Waals surface area (Å²) < 4.78 is 13.7. The van der Waals surface area contributed by atoms with Crippen LogP contribution in [0.5, 0.6) is 0 Å². The van der Waals surface area contributed by atoms with Gasteiger partial charge >= 0.3 is 23.7 Å². The summed E-state index contributed by atoms with van der Waals surface area (Å²) in [6.45, 7) is -0.667. The summed E-state index contributed by atoms with van der Waals surface area (Å²) in [5.74, 6) is -8.55. The van der Waals surface area contributed by atoms with Crippen molar-refractivity contribution in [2.24, 2.45) is 5.73 Å². The number of esters is 2. The van der Waals surface area contributed by atoms with Gasteiger partial charge in [0, 0.05) is 6.42 Å². The average Bonchev–Trinajstić information content (AvgIpc) is 2.41. The van der Waals surface area contributed by atoms with Crippen molar-refractivity contribution in [3.05, 3.63) is 0 Å². The lowest BCUT2D eigenvalue weighted by molar-refractivity contribution is -0.497. The Kier molecular flexibility index (Phi) is 3.71. The molecule has 10 nitrogen and oxygen atoms in total. The Morgan fingerprint density at radius 3 is 2.50 bits per heavy atom. The zero-order chi connectivity index (χ0) is 15.1. The van der Waals surface area contributed by atoms with E-state index in [0.717, 1.165) is 0 Å². The van der Waals surface area contributed by atoms with E-state index in [0.29, 0.717) is 0 Å². The molecule has 0 saturated carbocycles. The maximum atomic E-state index is 11.6. The van der Waals surface area contributed by atoms with Crippen molar-refractivity contribution in [3.8, 4) is 0 Å². The van der Waals surface area contributed by atoms with E-state index in [2.05, 4.69) is 14.2 Å². The van der Waals surface area contributed by atoms with E-state index in [4.69, 9.17) is 5.73 Å². The first-order chi connectivity index (χ1) is 9.19. The number of carbonyl (C=O) groups is 2.